The predicted octanol–water partition coefficient (Wildman–Crippen LogP) is 3.64. The van der Waals surface area contributed by atoms with Crippen molar-refractivity contribution in [2.45, 2.75) is 38.8 Å². The first-order valence-electron chi connectivity index (χ1n) is 10.0. The van der Waals surface area contributed by atoms with Crippen LogP contribution in [-0.2, 0) is 6.42 Å². The van der Waals surface area contributed by atoms with E-state index < -0.39 is 0 Å². The number of benzene rings is 2. The maximum atomic E-state index is 6.01. The van der Waals surface area contributed by atoms with Crippen LogP contribution in [0, 0.1) is 6.92 Å². The number of ether oxygens (including phenoxy) is 1. The van der Waals surface area contributed by atoms with Gasteiger partial charge in [0.25, 0.3) is 0 Å². The van der Waals surface area contributed by atoms with Gasteiger partial charge >= 0.3 is 0 Å². The van der Waals surface area contributed by atoms with Gasteiger partial charge in [-0.2, -0.15) is 0 Å². The average Bonchev–Trinajstić information content (AvgIpc) is 3.16. The fourth-order valence-corrected chi connectivity index (χ4v) is 3.84. The Bertz CT molecular complexity index is 862. The lowest BCUT2D eigenvalue weighted by Gasteiger charge is -2.35. The Morgan fingerprint density at radius 2 is 1.79 bits per heavy atom. The summed E-state index contributed by atoms with van der Waals surface area (Å²) in [6.07, 6.45) is 4.69. The molecule has 6 heteroatoms. The normalized spacial score (nSPS) is 17.5. The molecule has 1 aromatic heterocycles. The lowest BCUT2D eigenvalue weighted by Crippen LogP contribution is -2.40. The van der Waals surface area contributed by atoms with Gasteiger partial charge < -0.3 is 4.74 Å². The van der Waals surface area contributed by atoms with Crippen LogP contribution < -0.4 is 4.74 Å². The molecule has 28 heavy (non-hydrogen) atoms. The molecule has 1 aliphatic heterocycles. The number of likely N-dealkylation sites (tertiary alicyclic amines) is 1. The Kier molecular flexibility index (Phi) is 5.97. The summed E-state index contributed by atoms with van der Waals surface area (Å²) in [5.74, 6) is 1.79. The van der Waals surface area contributed by atoms with E-state index in [2.05, 4.69) is 69.0 Å². The van der Waals surface area contributed by atoms with Gasteiger partial charge in [0, 0.05) is 13.1 Å². The second kappa shape index (κ2) is 8.97. The predicted molar refractivity (Wildman–Crippen MR) is 108 cm³/mol. The van der Waals surface area contributed by atoms with Crippen LogP contribution >= 0.6 is 0 Å². The van der Waals surface area contributed by atoms with Crippen LogP contribution in [0.15, 0.2) is 54.6 Å². The lowest BCUT2D eigenvalue weighted by molar-refractivity contribution is 0.0672. The third kappa shape index (κ3) is 4.57. The van der Waals surface area contributed by atoms with Crippen molar-refractivity contribution in [3.63, 3.8) is 0 Å². The van der Waals surface area contributed by atoms with Gasteiger partial charge in [0.15, 0.2) is 0 Å². The molecule has 2 heterocycles. The molecule has 0 amide bonds. The van der Waals surface area contributed by atoms with Crippen LogP contribution in [0.2, 0.25) is 0 Å². The van der Waals surface area contributed by atoms with Gasteiger partial charge in [-0.3, -0.25) is 4.90 Å². The van der Waals surface area contributed by atoms with E-state index in [1.54, 1.807) is 0 Å². The van der Waals surface area contributed by atoms with Crippen LogP contribution in [0.4, 0.5) is 0 Å². The van der Waals surface area contributed by atoms with Gasteiger partial charge in [-0.05, 0) is 66.3 Å². The molecular formula is C22H27N5O. The minimum absolute atomic E-state index is 0.237. The van der Waals surface area contributed by atoms with Gasteiger partial charge in [-0.25, -0.2) is 4.68 Å². The smallest absolute Gasteiger partial charge is 0.150 e. The summed E-state index contributed by atoms with van der Waals surface area (Å²) in [5.41, 5.74) is 2.62. The minimum Gasteiger partial charge on any atom is -0.492 e. The molecule has 0 aliphatic carbocycles. The number of aromatic nitrogens is 4. The van der Waals surface area contributed by atoms with E-state index in [0.29, 0.717) is 6.61 Å². The van der Waals surface area contributed by atoms with Gasteiger partial charge in [-0.1, -0.05) is 42.5 Å². The monoisotopic (exact) mass is 377 g/mol. The summed E-state index contributed by atoms with van der Waals surface area (Å²) >= 11 is 0. The molecule has 1 unspecified atom stereocenters. The van der Waals surface area contributed by atoms with E-state index in [1.807, 2.05) is 17.7 Å². The molecule has 1 aliphatic rings. The third-order valence-electron chi connectivity index (χ3n) is 5.34. The number of piperidine rings is 1. The van der Waals surface area contributed by atoms with Crippen LogP contribution in [-0.4, -0.2) is 44.8 Å². The van der Waals surface area contributed by atoms with Crippen molar-refractivity contribution in [3.8, 4) is 5.75 Å². The molecule has 0 N–H and O–H groups in total. The Morgan fingerprint density at radius 1 is 1.00 bits per heavy atom. The van der Waals surface area contributed by atoms with Crippen molar-refractivity contribution >= 4 is 0 Å². The first-order valence-corrected chi connectivity index (χ1v) is 10.0. The quantitative estimate of drug-likeness (QED) is 0.629. The molecule has 0 radical (unpaired) electrons. The molecule has 146 valence electrons. The summed E-state index contributed by atoms with van der Waals surface area (Å²) in [6.45, 7) is 4.55. The summed E-state index contributed by atoms with van der Waals surface area (Å²) in [6, 6.07) is 19.0. The number of tetrazole rings is 1. The van der Waals surface area contributed by atoms with E-state index in [0.717, 1.165) is 37.5 Å². The number of rotatable bonds is 7. The Balaban J connectivity index is 1.30. The van der Waals surface area contributed by atoms with E-state index in [1.165, 1.54) is 24.0 Å². The standard InChI is InChI=1S/C22H27N5O/c1-18-23-24-25-27(18)22-9-5-6-14-26(22)15-16-28-21-12-10-20(11-13-21)17-19-7-3-2-4-8-19/h2-4,7-8,10-13,22H,5-6,9,14-17H2,1H3. The number of hydrogen-bond acceptors (Lipinski definition) is 5. The highest BCUT2D eigenvalue weighted by Crippen LogP contribution is 2.25. The summed E-state index contributed by atoms with van der Waals surface area (Å²) in [7, 11) is 0. The number of nitrogens with zero attached hydrogens (tertiary/aromatic N) is 5. The van der Waals surface area contributed by atoms with Gasteiger partial charge in [0.1, 0.15) is 24.3 Å². The van der Waals surface area contributed by atoms with Crippen molar-refractivity contribution in [2.24, 2.45) is 0 Å². The average molecular weight is 377 g/mol. The maximum Gasteiger partial charge on any atom is 0.150 e. The van der Waals surface area contributed by atoms with Crippen molar-refractivity contribution in [1.29, 1.82) is 0 Å². The number of hydrogen-bond donors (Lipinski definition) is 0. The molecular weight excluding hydrogens is 350 g/mol. The van der Waals surface area contributed by atoms with Gasteiger partial charge in [-0.15, -0.1) is 5.10 Å². The highest BCUT2D eigenvalue weighted by molar-refractivity contribution is 5.31. The van der Waals surface area contributed by atoms with E-state index in [9.17, 15) is 0 Å². The second-order valence-electron chi connectivity index (χ2n) is 7.34. The zero-order valence-corrected chi connectivity index (χ0v) is 16.4. The molecule has 0 spiro atoms. The molecule has 3 aromatic rings. The maximum absolute atomic E-state index is 6.01. The molecule has 0 saturated carbocycles. The SMILES string of the molecule is Cc1nnnn1C1CCCCN1CCOc1ccc(Cc2ccccc2)cc1. The Labute approximate surface area is 166 Å². The molecule has 1 saturated heterocycles. The topological polar surface area (TPSA) is 56.1 Å². The van der Waals surface area contributed by atoms with Crippen LogP contribution in [0.3, 0.4) is 0 Å². The molecule has 4 rings (SSSR count). The highest BCUT2D eigenvalue weighted by atomic mass is 16.5. The Morgan fingerprint density at radius 3 is 2.54 bits per heavy atom. The van der Waals surface area contributed by atoms with Gasteiger partial charge in [0.05, 0.1) is 0 Å². The summed E-state index contributed by atoms with van der Waals surface area (Å²) in [5, 5.41) is 12.0. The zero-order valence-electron chi connectivity index (χ0n) is 16.4. The fraction of sp³-hybridized carbons (Fsp3) is 0.409. The molecule has 6 nitrogen and oxygen atoms in total. The highest BCUT2D eigenvalue weighted by Gasteiger charge is 2.25. The van der Waals surface area contributed by atoms with Crippen molar-refractivity contribution in [2.75, 3.05) is 19.7 Å². The van der Waals surface area contributed by atoms with Crippen molar-refractivity contribution < 1.29 is 4.74 Å². The summed E-state index contributed by atoms with van der Waals surface area (Å²) in [4.78, 5) is 2.43. The summed E-state index contributed by atoms with van der Waals surface area (Å²) < 4.78 is 7.95. The minimum atomic E-state index is 0.237. The number of aryl methyl sites for hydroxylation is 1. The fourth-order valence-electron chi connectivity index (χ4n) is 3.84. The second-order valence-corrected chi connectivity index (χ2v) is 7.34. The third-order valence-corrected chi connectivity index (χ3v) is 5.34. The zero-order chi connectivity index (χ0) is 19.2. The van der Waals surface area contributed by atoms with E-state index in [-0.39, 0.29) is 6.17 Å². The van der Waals surface area contributed by atoms with Crippen molar-refractivity contribution in [3.05, 3.63) is 71.5 Å². The molecule has 1 atom stereocenters. The molecule has 1 fully saturated rings. The van der Waals surface area contributed by atoms with Crippen LogP contribution in [0.25, 0.3) is 0 Å². The first kappa shape index (κ1) is 18.6. The van der Waals surface area contributed by atoms with E-state index in [4.69, 9.17) is 4.74 Å². The van der Waals surface area contributed by atoms with Crippen molar-refractivity contribution in [1.82, 2.24) is 25.1 Å². The molecule has 0 bridgehead atoms. The van der Waals surface area contributed by atoms with Crippen LogP contribution in [0.5, 0.6) is 5.75 Å². The van der Waals surface area contributed by atoms with E-state index >= 15 is 0 Å². The lowest BCUT2D eigenvalue weighted by atomic mass is 10.1. The van der Waals surface area contributed by atoms with Gasteiger partial charge in [0.2, 0.25) is 0 Å². The largest absolute Gasteiger partial charge is 0.492 e. The Hall–Kier alpha value is -2.73. The van der Waals surface area contributed by atoms with Crippen LogP contribution in [0.1, 0.15) is 42.4 Å². The molecule has 2 aromatic carbocycles. The first-order chi connectivity index (χ1) is 13.8.